The minimum absolute atomic E-state index is 0.525. The number of hydrogen-bond donors (Lipinski definition) is 0. The molecule has 0 saturated heterocycles. The zero-order valence-corrected chi connectivity index (χ0v) is 15.8. The summed E-state index contributed by atoms with van der Waals surface area (Å²) in [4.78, 5) is 8.22. The maximum Gasteiger partial charge on any atom is 0.176 e. The maximum absolute atomic E-state index is 4.11. The molecule has 0 aromatic carbocycles. The summed E-state index contributed by atoms with van der Waals surface area (Å²) in [6.45, 7) is 0. The molecule has 0 atom stereocenters. The zero-order valence-electron chi connectivity index (χ0n) is 6.32. The van der Waals surface area contributed by atoms with Crippen LogP contribution in [0.1, 0.15) is 11.4 Å². The molecule has 1 aromatic heterocycles. The van der Waals surface area contributed by atoms with Crippen LogP contribution in [0.2, 0.25) is 0 Å². The van der Waals surface area contributed by atoms with E-state index in [1.165, 1.54) is 6.33 Å². The Kier molecular flexibility index (Phi) is 5.09. The average Bonchev–Trinajstić information content (AvgIpc) is 2.01. The van der Waals surface area contributed by atoms with Crippen LogP contribution in [-0.2, 0) is 4.29 Å². The first kappa shape index (κ1) is 14.0. The minimum atomic E-state index is -0.525. The summed E-state index contributed by atoms with van der Waals surface area (Å²) in [6.07, 6.45) is 1.49. The van der Waals surface area contributed by atoms with Crippen molar-refractivity contribution in [1.82, 2.24) is 9.97 Å². The smallest absolute Gasteiger partial charge is 0.176 e. The molecule has 14 heavy (non-hydrogen) atoms. The molecular formula is C6H2Br6N2. The molecule has 0 N–H and O–H groups in total. The highest BCUT2D eigenvalue weighted by molar-refractivity contribution is 9.39. The van der Waals surface area contributed by atoms with E-state index in [-0.39, 0.29) is 0 Å². The first-order valence-electron chi connectivity index (χ1n) is 3.17. The summed E-state index contributed by atoms with van der Waals surface area (Å²) >= 11 is 20.3. The highest BCUT2D eigenvalue weighted by Crippen LogP contribution is 2.47. The largest absolute Gasteiger partial charge is 0.238 e. The molecule has 78 valence electrons. The molecule has 8 heteroatoms. The number of rotatable bonds is 0. The van der Waals surface area contributed by atoms with Gasteiger partial charge in [0, 0.05) is 0 Å². The van der Waals surface area contributed by atoms with Gasteiger partial charge < -0.3 is 0 Å². The predicted octanol–water partition coefficient (Wildman–Crippen LogP) is 5.07. The Bertz CT molecular complexity index is 299. The second-order valence-corrected chi connectivity index (χ2v) is 15.8. The third-order valence-electron chi connectivity index (χ3n) is 1.25. The van der Waals surface area contributed by atoms with Crippen molar-refractivity contribution >= 4 is 95.6 Å². The molecule has 2 nitrogen and oxygen atoms in total. The van der Waals surface area contributed by atoms with E-state index in [4.69, 9.17) is 0 Å². The van der Waals surface area contributed by atoms with E-state index in [2.05, 4.69) is 106 Å². The fourth-order valence-corrected chi connectivity index (χ4v) is 1.97. The summed E-state index contributed by atoms with van der Waals surface area (Å²) in [5, 5.41) is 0. The molecule has 0 spiro atoms. The van der Waals surface area contributed by atoms with Crippen LogP contribution >= 0.6 is 95.6 Å². The van der Waals surface area contributed by atoms with Gasteiger partial charge in [0.05, 0.1) is 11.4 Å². The van der Waals surface area contributed by atoms with Gasteiger partial charge in [-0.1, -0.05) is 95.6 Å². The molecule has 1 heterocycles. The summed E-state index contributed by atoms with van der Waals surface area (Å²) < 4.78 is -1.05. The molecule has 0 aliphatic carbocycles. The van der Waals surface area contributed by atoms with Gasteiger partial charge in [-0.25, -0.2) is 9.97 Å². The Hall–Kier alpha value is 1.96. The Morgan fingerprint density at radius 2 is 1.14 bits per heavy atom. The lowest BCUT2D eigenvalue weighted by molar-refractivity contribution is 1.02. The summed E-state index contributed by atoms with van der Waals surface area (Å²) in [7, 11) is 0. The van der Waals surface area contributed by atoms with E-state index in [9.17, 15) is 0 Å². The van der Waals surface area contributed by atoms with E-state index in [0.29, 0.717) is 0 Å². The van der Waals surface area contributed by atoms with Crippen LogP contribution in [0, 0.1) is 0 Å². The van der Waals surface area contributed by atoms with Crippen LogP contribution in [0.15, 0.2) is 12.4 Å². The van der Waals surface area contributed by atoms with Gasteiger partial charge in [-0.3, -0.25) is 0 Å². The first-order valence-corrected chi connectivity index (χ1v) is 7.93. The van der Waals surface area contributed by atoms with Gasteiger partial charge in [-0.15, -0.1) is 0 Å². The number of halogens is 6. The Balaban J connectivity index is 3.15. The van der Waals surface area contributed by atoms with Gasteiger partial charge in [0.1, 0.15) is 6.33 Å². The highest BCUT2D eigenvalue weighted by Gasteiger charge is 2.28. The van der Waals surface area contributed by atoms with E-state index in [1.807, 2.05) is 6.07 Å². The predicted molar refractivity (Wildman–Crippen MR) is 78.9 cm³/mol. The molecule has 0 bridgehead atoms. The molecule has 0 radical (unpaired) electrons. The quantitative estimate of drug-likeness (QED) is 0.401. The fraction of sp³-hybridized carbons (Fsp3) is 0.333. The molecule has 0 aliphatic rings. The second-order valence-electron chi connectivity index (χ2n) is 2.28. The van der Waals surface area contributed by atoms with E-state index < -0.39 is 4.29 Å². The van der Waals surface area contributed by atoms with Crippen molar-refractivity contribution in [3.05, 3.63) is 23.8 Å². The molecule has 0 fully saturated rings. The summed E-state index contributed by atoms with van der Waals surface area (Å²) in [6, 6.07) is 1.83. The average molecular weight is 582 g/mol. The van der Waals surface area contributed by atoms with E-state index in [1.54, 1.807) is 0 Å². The van der Waals surface area contributed by atoms with Gasteiger partial charge in [0.2, 0.25) is 0 Å². The molecule has 1 rings (SSSR count). The Morgan fingerprint density at radius 1 is 0.786 bits per heavy atom. The van der Waals surface area contributed by atoms with Crippen molar-refractivity contribution < 1.29 is 0 Å². The monoisotopic (exact) mass is 576 g/mol. The highest BCUT2D eigenvalue weighted by atomic mass is 80.0. The molecule has 0 aliphatic heterocycles. The molecule has 0 amide bonds. The van der Waals surface area contributed by atoms with E-state index in [0.717, 1.165) is 11.4 Å². The maximum atomic E-state index is 4.11. The van der Waals surface area contributed by atoms with Gasteiger partial charge in [0.25, 0.3) is 0 Å². The third-order valence-corrected chi connectivity index (χ3v) is 3.69. The van der Waals surface area contributed by atoms with Crippen LogP contribution in [0.4, 0.5) is 0 Å². The minimum Gasteiger partial charge on any atom is -0.238 e. The lowest BCUT2D eigenvalue weighted by atomic mass is 10.4. The van der Waals surface area contributed by atoms with Crippen LogP contribution in [0.3, 0.4) is 0 Å². The number of alkyl halides is 6. The van der Waals surface area contributed by atoms with Crippen molar-refractivity contribution in [2.24, 2.45) is 0 Å². The fourth-order valence-electron chi connectivity index (χ4n) is 0.667. The molecule has 0 saturated carbocycles. The van der Waals surface area contributed by atoms with Gasteiger partial charge in [-0.05, 0) is 6.07 Å². The van der Waals surface area contributed by atoms with Crippen molar-refractivity contribution in [3.63, 3.8) is 0 Å². The lowest BCUT2D eigenvalue weighted by Gasteiger charge is -2.15. The molecule has 0 unspecified atom stereocenters. The van der Waals surface area contributed by atoms with Gasteiger partial charge in [0.15, 0.2) is 4.29 Å². The zero-order chi connectivity index (χ0) is 11.0. The van der Waals surface area contributed by atoms with E-state index >= 15 is 0 Å². The van der Waals surface area contributed by atoms with Crippen molar-refractivity contribution in [3.8, 4) is 0 Å². The topological polar surface area (TPSA) is 25.8 Å². The standard InChI is InChI=1S/C6H2Br6N2/c7-5(8,9)3-1-4(6(10,11)12)14-2-13-3/h1-2H. The van der Waals surface area contributed by atoms with Gasteiger partial charge >= 0.3 is 0 Å². The molecular weight excluding hydrogens is 580 g/mol. The van der Waals surface area contributed by atoms with Crippen LogP contribution in [-0.4, -0.2) is 9.97 Å². The number of aromatic nitrogens is 2. The van der Waals surface area contributed by atoms with Crippen molar-refractivity contribution in [2.45, 2.75) is 4.29 Å². The van der Waals surface area contributed by atoms with Crippen LogP contribution in [0.5, 0.6) is 0 Å². The SMILES string of the molecule is BrC(Br)(Br)c1cc(C(Br)(Br)Br)ncn1. The lowest BCUT2D eigenvalue weighted by Crippen LogP contribution is -2.08. The van der Waals surface area contributed by atoms with Crippen molar-refractivity contribution in [1.29, 1.82) is 0 Å². The second kappa shape index (κ2) is 5.08. The van der Waals surface area contributed by atoms with Crippen LogP contribution < -0.4 is 0 Å². The number of hydrogen-bond acceptors (Lipinski definition) is 2. The van der Waals surface area contributed by atoms with Crippen LogP contribution in [0.25, 0.3) is 0 Å². The third kappa shape index (κ3) is 4.08. The molecule has 1 aromatic rings. The Morgan fingerprint density at radius 3 is 1.43 bits per heavy atom. The summed E-state index contributed by atoms with van der Waals surface area (Å²) in [5.74, 6) is 0. The normalized spacial score (nSPS) is 13.0. The number of nitrogens with zero attached hydrogens (tertiary/aromatic N) is 2. The van der Waals surface area contributed by atoms with Crippen molar-refractivity contribution in [2.75, 3.05) is 0 Å². The Labute approximate surface area is 132 Å². The van der Waals surface area contributed by atoms with Gasteiger partial charge in [-0.2, -0.15) is 0 Å². The summed E-state index contributed by atoms with van der Waals surface area (Å²) in [5.41, 5.74) is 1.54. The first-order chi connectivity index (χ1) is 6.21.